The lowest BCUT2D eigenvalue weighted by molar-refractivity contribution is -0.0328. The van der Waals surface area contributed by atoms with Crippen molar-refractivity contribution in [2.75, 3.05) is 23.9 Å². The number of carbonyl (C=O) groups is 1. The Morgan fingerprint density at radius 2 is 2.05 bits per heavy atom. The Morgan fingerprint density at radius 3 is 2.62 bits per heavy atom. The van der Waals surface area contributed by atoms with E-state index in [9.17, 15) is 22.2 Å². The van der Waals surface area contributed by atoms with Crippen LogP contribution in [0.2, 0.25) is 0 Å². The zero-order valence-electron chi connectivity index (χ0n) is 11.4. The Morgan fingerprint density at radius 1 is 1.38 bits per heavy atom. The Balaban J connectivity index is 2.73. The van der Waals surface area contributed by atoms with Crippen LogP contribution in [0.5, 0.6) is 0 Å². The van der Waals surface area contributed by atoms with Crippen LogP contribution in [0.25, 0.3) is 0 Å². The Labute approximate surface area is 127 Å². The molecule has 2 N–H and O–H groups in total. The monoisotopic (exact) mass is 340 g/mol. The molecule has 4 nitrogen and oxygen atoms in total. The molecule has 0 fully saturated rings. The number of benzene rings is 1. The molecule has 1 atom stereocenters. The lowest BCUT2D eigenvalue weighted by Crippen LogP contribution is -2.32. The minimum Gasteiger partial charge on any atom is -0.337 e. The molecule has 1 aromatic rings. The summed E-state index contributed by atoms with van der Waals surface area (Å²) in [4.78, 5) is 11.5. The third kappa shape index (κ3) is 7.37. The van der Waals surface area contributed by atoms with Gasteiger partial charge in [-0.2, -0.15) is 13.2 Å². The molecule has 0 unspecified atom stereocenters. The summed E-state index contributed by atoms with van der Waals surface area (Å²) in [6, 6.07) is 3.75. The molecule has 0 bridgehead atoms. The summed E-state index contributed by atoms with van der Waals surface area (Å²) >= 11 is -0.279. The highest BCUT2D eigenvalue weighted by molar-refractivity contribution is 8.00. The van der Waals surface area contributed by atoms with E-state index in [4.69, 9.17) is 0 Å². The average Bonchev–Trinajstić information content (AvgIpc) is 2.30. The number of aryl methyl sites for hydroxylation is 1. The summed E-state index contributed by atoms with van der Waals surface area (Å²) in [5, 5.41) is 4.80. The quantitative estimate of drug-likeness (QED) is 0.810. The van der Waals surface area contributed by atoms with Gasteiger partial charge in [-0.15, -0.1) is 0 Å². The zero-order valence-corrected chi connectivity index (χ0v) is 13.0. The third-order valence-corrected chi connectivity index (χ3v) is 3.85. The summed E-state index contributed by atoms with van der Waals surface area (Å²) < 4.78 is 48.3. The third-order valence-electron chi connectivity index (χ3n) is 2.29. The molecular formula is C12H15F3N2O2S2. The van der Waals surface area contributed by atoms with Gasteiger partial charge in [0, 0.05) is 34.2 Å². The van der Waals surface area contributed by atoms with Crippen LogP contribution in [0, 0.1) is 6.92 Å². The number of hydrogen-bond acceptors (Lipinski definition) is 3. The van der Waals surface area contributed by atoms with E-state index in [2.05, 4.69) is 10.6 Å². The fourth-order valence-corrected chi connectivity index (χ4v) is 2.53. The maximum Gasteiger partial charge on any atom is 0.446 e. The number of halogens is 3. The van der Waals surface area contributed by atoms with Gasteiger partial charge >= 0.3 is 11.5 Å². The van der Waals surface area contributed by atoms with Crippen LogP contribution in [0.4, 0.5) is 23.7 Å². The molecule has 0 aliphatic carbocycles. The van der Waals surface area contributed by atoms with E-state index in [0.29, 0.717) is 5.56 Å². The summed E-state index contributed by atoms with van der Waals surface area (Å²) in [6.07, 6.45) is 1.50. The zero-order chi connectivity index (χ0) is 16.0. The predicted octanol–water partition coefficient (Wildman–Crippen LogP) is 3.11. The second-order valence-electron chi connectivity index (χ2n) is 4.21. The van der Waals surface area contributed by atoms with Crippen molar-refractivity contribution < 1.29 is 22.2 Å². The number of thioether (sulfide) groups is 1. The molecule has 118 valence electrons. The van der Waals surface area contributed by atoms with Crippen LogP contribution < -0.4 is 10.6 Å². The molecule has 0 saturated carbocycles. The van der Waals surface area contributed by atoms with E-state index in [1.807, 2.05) is 0 Å². The fraction of sp³-hybridized carbons (Fsp3) is 0.417. The van der Waals surface area contributed by atoms with E-state index in [0.717, 1.165) is 0 Å². The number of alkyl halides is 3. The molecule has 0 aromatic heterocycles. The first-order valence-electron chi connectivity index (χ1n) is 5.88. The highest BCUT2D eigenvalue weighted by Crippen LogP contribution is 2.40. The van der Waals surface area contributed by atoms with Crippen molar-refractivity contribution in [3.05, 3.63) is 23.8 Å². The van der Waals surface area contributed by atoms with Gasteiger partial charge in [-0.25, -0.2) is 4.79 Å². The second-order valence-corrected chi connectivity index (χ2v) is 6.87. The number of nitrogens with one attached hydrogen (secondary N) is 2. The molecule has 1 rings (SSSR count). The number of amides is 2. The molecule has 0 aliphatic heterocycles. The van der Waals surface area contributed by atoms with Gasteiger partial charge in [-0.05, 0) is 36.4 Å². The first-order chi connectivity index (χ1) is 9.67. The van der Waals surface area contributed by atoms with Crippen LogP contribution in [-0.2, 0) is 10.8 Å². The average molecular weight is 340 g/mol. The topological polar surface area (TPSA) is 58.2 Å². The van der Waals surface area contributed by atoms with E-state index >= 15 is 0 Å². The standard InChI is InChI=1S/C12H15F3N2O2S2/c1-8-3-4-9(10(7-8)20-12(13,14)15)17-11(18)16-5-6-21(2)19/h3-4,7H,5-6H2,1-2H3,(H2,16,17,18)/t21-/m1/s1. The molecule has 2 amide bonds. The first-order valence-corrected chi connectivity index (χ1v) is 8.43. The molecule has 0 aliphatic rings. The van der Waals surface area contributed by atoms with Crippen molar-refractivity contribution in [1.29, 1.82) is 0 Å². The SMILES string of the molecule is Cc1ccc(NC(=O)NCC[S@@](C)=O)c(SC(F)(F)F)c1. The fourth-order valence-electron chi connectivity index (χ4n) is 1.42. The van der Waals surface area contributed by atoms with Crippen molar-refractivity contribution >= 4 is 34.3 Å². The lowest BCUT2D eigenvalue weighted by Gasteiger charge is -2.13. The maximum atomic E-state index is 12.5. The highest BCUT2D eigenvalue weighted by atomic mass is 32.2. The second kappa shape index (κ2) is 7.69. The maximum absolute atomic E-state index is 12.5. The Hall–Kier alpha value is -1.22. The van der Waals surface area contributed by atoms with Crippen molar-refractivity contribution in [2.24, 2.45) is 0 Å². The molecule has 0 spiro atoms. The molecule has 9 heteroatoms. The van der Waals surface area contributed by atoms with Gasteiger partial charge in [0.05, 0.1) is 5.69 Å². The summed E-state index contributed by atoms with van der Waals surface area (Å²) in [6.45, 7) is 1.85. The van der Waals surface area contributed by atoms with Crippen LogP contribution in [0.15, 0.2) is 23.1 Å². The van der Waals surface area contributed by atoms with E-state index in [1.165, 1.54) is 18.4 Å². The number of urea groups is 1. The molecule has 0 radical (unpaired) electrons. The van der Waals surface area contributed by atoms with Crippen LogP contribution >= 0.6 is 11.8 Å². The lowest BCUT2D eigenvalue weighted by atomic mass is 10.2. The number of hydrogen-bond donors (Lipinski definition) is 2. The van der Waals surface area contributed by atoms with Crippen molar-refractivity contribution in [2.45, 2.75) is 17.3 Å². The largest absolute Gasteiger partial charge is 0.446 e. The minimum atomic E-state index is -4.43. The predicted molar refractivity (Wildman–Crippen MR) is 79.0 cm³/mol. The van der Waals surface area contributed by atoms with Gasteiger partial charge in [0.15, 0.2) is 0 Å². The van der Waals surface area contributed by atoms with Gasteiger partial charge in [0.2, 0.25) is 0 Å². The van der Waals surface area contributed by atoms with Crippen LogP contribution in [-0.4, -0.2) is 34.3 Å². The van der Waals surface area contributed by atoms with Gasteiger partial charge < -0.3 is 10.6 Å². The molecule has 21 heavy (non-hydrogen) atoms. The van der Waals surface area contributed by atoms with Gasteiger partial charge in [-0.3, -0.25) is 4.21 Å². The molecule has 0 saturated heterocycles. The summed E-state index contributed by atoms with van der Waals surface area (Å²) in [5.41, 5.74) is -3.69. The van der Waals surface area contributed by atoms with Gasteiger partial charge in [0.1, 0.15) is 0 Å². The Kier molecular flexibility index (Phi) is 6.53. The van der Waals surface area contributed by atoms with Crippen molar-refractivity contribution in [3.8, 4) is 0 Å². The number of anilines is 1. The Bertz CT molecular complexity index is 536. The van der Waals surface area contributed by atoms with Crippen LogP contribution in [0.1, 0.15) is 5.56 Å². The van der Waals surface area contributed by atoms with E-state index in [1.54, 1.807) is 13.0 Å². The number of rotatable bonds is 5. The molecule has 0 heterocycles. The van der Waals surface area contributed by atoms with E-state index in [-0.39, 0.29) is 34.6 Å². The van der Waals surface area contributed by atoms with Crippen LogP contribution in [0.3, 0.4) is 0 Å². The highest BCUT2D eigenvalue weighted by Gasteiger charge is 2.30. The van der Waals surface area contributed by atoms with Crippen molar-refractivity contribution in [3.63, 3.8) is 0 Å². The summed E-state index contributed by atoms with van der Waals surface area (Å²) in [5.74, 6) is 0.283. The van der Waals surface area contributed by atoms with Gasteiger partial charge in [0.25, 0.3) is 0 Å². The van der Waals surface area contributed by atoms with E-state index < -0.39 is 22.3 Å². The minimum absolute atomic E-state index is 0.0725. The number of carbonyl (C=O) groups excluding carboxylic acids is 1. The van der Waals surface area contributed by atoms with Gasteiger partial charge in [-0.1, -0.05) is 6.07 Å². The smallest absolute Gasteiger partial charge is 0.337 e. The summed E-state index contributed by atoms with van der Waals surface area (Å²) in [7, 11) is -1.04. The molecular weight excluding hydrogens is 325 g/mol. The first kappa shape index (κ1) is 17.8. The molecule has 1 aromatic carbocycles. The normalized spacial score (nSPS) is 12.8. The van der Waals surface area contributed by atoms with Crippen molar-refractivity contribution in [1.82, 2.24) is 5.32 Å².